The monoisotopic (exact) mass is 442 g/mol. The summed E-state index contributed by atoms with van der Waals surface area (Å²) in [5, 5.41) is 16.0. The summed E-state index contributed by atoms with van der Waals surface area (Å²) in [5.41, 5.74) is 5.48. The minimum atomic E-state index is 0.217. The number of methoxy groups -OCH3 is 2. The molecule has 0 amide bonds. The molecule has 3 aromatic rings. The summed E-state index contributed by atoms with van der Waals surface area (Å²) in [7, 11) is 3.18. The zero-order valence-electron chi connectivity index (χ0n) is 14.6. The molecule has 2 aromatic carbocycles. The maximum atomic E-state index is 9.43. The number of halogens is 1. The van der Waals surface area contributed by atoms with Gasteiger partial charge < -0.3 is 9.47 Å². The number of nitriles is 1. The van der Waals surface area contributed by atoms with Crippen LogP contribution in [0.5, 0.6) is 11.5 Å². The fraction of sp³-hybridized carbons (Fsp3) is 0.105. The van der Waals surface area contributed by atoms with E-state index in [1.165, 1.54) is 11.3 Å². The smallest absolute Gasteiger partial charge is 0.196 e. The lowest BCUT2D eigenvalue weighted by Gasteiger charge is -2.08. The van der Waals surface area contributed by atoms with Crippen molar-refractivity contribution < 1.29 is 9.47 Å². The molecule has 0 saturated heterocycles. The van der Waals surface area contributed by atoms with Crippen molar-refractivity contribution in [2.24, 2.45) is 5.10 Å². The lowest BCUT2D eigenvalue weighted by molar-refractivity contribution is 0.355. The third kappa shape index (κ3) is 4.45. The largest absolute Gasteiger partial charge is 0.493 e. The molecule has 1 aromatic heterocycles. The highest BCUT2D eigenvalue weighted by Crippen LogP contribution is 2.32. The summed E-state index contributed by atoms with van der Waals surface area (Å²) in [4.78, 5) is 4.53. The zero-order valence-corrected chi connectivity index (χ0v) is 17.0. The Balaban J connectivity index is 1.84. The van der Waals surface area contributed by atoms with E-state index in [1.54, 1.807) is 14.2 Å². The van der Waals surface area contributed by atoms with E-state index in [0.717, 1.165) is 21.4 Å². The number of aromatic nitrogens is 1. The first-order valence-electron chi connectivity index (χ1n) is 7.82. The van der Waals surface area contributed by atoms with Crippen molar-refractivity contribution in [1.82, 2.24) is 4.98 Å². The van der Waals surface area contributed by atoms with Crippen molar-refractivity contribution in [3.8, 4) is 28.8 Å². The molecule has 27 heavy (non-hydrogen) atoms. The van der Waals surface area contributed by atoms with Gasteiger partial charge in [-0.25, -0.2) is 4.98 Å². The molecule has 1 heterocycles. The fourth-order valence-corrected chi connectivity index (χ4v) is 3.31. The Labute approximate surface area is 169 Å². The van der Waals surface area contributed by atoms with Gasteiger partial charge in [0.25, 0.3) is 0 Å². The average molecular weight is 443 g/mol. The lowest BCUT2D eigenvalue weighted by Crippen LogP contribution is -2.01. The molecule has 0 aliphatic carbocycles. The van der Waals surface area contributed by atoms with Crippen LogP contribution in [0.25, 0.3) is 11.3 Å². The fourth-order valence-electron chi connectivity index (χ4n) is 2.28. The summed E-state index contributed by atoms with van der Waals surface area (Å²) < 4.78 is 11.6. The molecule has 0 saturated carbocycles. The Morgan fingerprint density at radius 1 is 1.15 bits per heavy atom. The maximum absolute atomic E-state index is 9.43. The Kier molecular flexibility index (Phi) is 6.06. The molecule has 0 bridgehead atoms. The van der Waals surface area contributed by atoms with Gasteiger partial charge in [-0.15, -0.1) is 11.3 Å². The molecule has 0 unspecified atom stereocenters. The topological polar surface area (TPSA) is 79.5 Å². The quantitative estimate of drug-likeness (QED) is 0.432. The zero-order chi connectivity index (χ0) is 19.2. The molecule has 0 aliphatic heterocycles. The molecule has 0 aliphatic rings. The van der Waals surface area contributed by atoms with Crippen LogP contribution in [0.3, 0.4) is 0 Å². The van der Waals surface area contributed by atoms with Crippen LogP contribution in [0.1, 0.15) is 5.01 Å². The van der Waals surface area contributed by atoms with E-state index >= 15 is 0 Å². The van der Waals surface area contributed by atoms with E-state index in [0.29, 0.717) is 16.5 Å². The van der Waals surface area contributed by atoms with E-state index in [-0.39, 0.29) is 5.71 Å². The standard InChI is InChI=1S/C19H15BrN4O2S/c1-25-17-8-3-12(9-18(17)26-2)16-11-27-19(22-16)15(10-21)24-23-14-6-4-13(20)5-7-14/h3-9,11,23H,1-2H3/b24-15+. The van der Waals surface area contributed by atoms with Crippen LogP contribution in [0.4, 0.5) is 5.69 Å². The summed E-state index contributed by atoms with van der Waals surface area (Å²) in [6, 6.07) is 15.2. The second-order valence-corrected chi connectivity index (χ2v) is 7.07. The second-order valence-electron chi connectivity index (χ2n) is 5.30. The van der Waals surface area contributed by atoms with Crippen molar-refractivity contribution in [1.29, 1.82) is 5.26 Å². The number of thiazole rings is 1. The number of ether oxygens (including phenoxy) is 2. The summed E-state index contributed by atoms with van der Waals surface area (Å²) in [6.07, 6.45) is 0. The third-order valence-corrected chi connectivity index (χ3v) is 5.01. The number of anilines is 1. The number of rotatable bonds is 6. The average Bonchev–Trinajstić information content (AvgIpc) is 3.19. The molecule has 0 fully saturated rings. The molecular weight excluding hydrogens is 428 g/mol. The van der Waals surface area contributed by atoms with Gasteiger partial charge in [0.15, 0.2) is 22.2 Å². The maximum Gasteiger partial charge on any atom is 0.196 e. The van der Waals surface area contributed by atoms with Crippen LogP contribution in [0, 0.1) is 11.3 Å². The summed E-state index contributed by atoms with van der Waals surface area (Å²) in [5.74, 6) is 1.27. The highest BCUT2D eigenvalue weighted by Gasteiger charge is 2.12. The third-order valence-electron chi connectivity index (χ3n) is 3.63. The van der Waals surface area contributed by atoms with Crippen LogP contribution < -0.4 is 14.9 Å². The van der Waals surface area contributed by atoms with Crippen molar-refractivity contribution in [2.45, 2.75) is 0 Å². The van der Waals surface area contributed by atoms with E-state index < -0.39 is 0 Å². The molecule has 0 radical (unpaired) electrons. The van der Waals surface area contributed by atoms with E-state index in [2.05, 4.69) is 37.5 Å². The van der Waals surface area contributed by atoms with Gasteiger partial charge in [-0.05, 0) is 42.5 Å². The number of hydrogen-bond donors (Lipinski definition) is 1. The van der Waals surface area contributed by atoms with Crippen LogP contribution in [0.15, 0.2) is 57.4 Å². The molecule has 1 N–H and O–H groups in total. The second kappa shape index (κ2) is 8.66. The van der Waals surface area contributed by atoms with E-state index in [1.807, 2.05) is 47.8 Å². The van der Waals surface area contributed by atoms with Gasteiger partial charge in [0.05, 0.1) is 25.6 Å². The molecule has 0 spiro atoms. The van der Waals surface area contributed by atoms with Gasteiger partial charge in [0, 0.05) is 15.4 Å². The first-order chi connectivity index (χ1) is 13.1. The Hall–Kier alpha value is -2.89. The minimum Gasteiger partial charge on any atom is -0.493 e. The van der Waals surface area contributed by atoms with Gasteiger partial charge in [-0.1, -0.05) is 15.9 Å². The first kappa shape index (κ1) is 18.9. The lowest BCUT2D eigenvalue weighted by atomic mass is 10.1. The van der Waals surface area contributed by atoms with Crippen LogP contribution in [-0.4, -0.2) is 24.9 Å². The van der Waals surface area contributed by atoms with Crippen molar-refractivity contribution >= 4 is 38.7 Å². The molecular formula is C19H15BrN4O2S. The number of benzene rings is 2. The predicted octanol–water partition coefficient (Wildman–Crippen LogP) is 4.93. The van der Waals surface area contributed by atoms with Crippen LogP contribution in [-0.2, 0) is 0 Å². The molecule has 8 heteroatoms. The Bertz CT molecular complexity index is 1010. The normalized spacial score (nSPS) is 11.0. The van der Waals surface area contributed by atoms with Crippen molar-refractivity contribution in [2.75, 3.05) is 19.6 Å². The summed E-state index contributed by atoms with van der Waals surface area (Å²) >= 11 is 4.73. The molecule has 0 atom stereocenters. The first-order valence-corrected chi connectivity index (χ1v) is 9.49. The summed E-state index contributed by atoms with van der Waals surface area (Å²) in [6.45, 7) is 0. The molecule has 3 rings (SSSR count). The van der Waals surface area contributed by atoms with Gasteiger partial charge in [-0.3, -0.25) is 5.43 Å². The number of nitrogens with one attached hydrogen (secondary N) is 1. The van der Waals surface area contributed by atoms with Crippen molar-refractivity contribution in [3.63, 3.8) is 0 Å². The predicted molar refractivity (Wildman–Crippen MR) is 111 cm³/mol. The van der Waals surface area contributed by atoms with Gasteiger partial charge in [0.1, 0.15) is 6.07 Å². The Morgan fingerprint density at radius 2 is 1.89 bits per heavy atom. The Morgan fingerprint density at radius 3 is 2.56 bits per heavy atom. The SMILES string of the molecule is COc1ccc(-c2csc(/C(C#N)=N/Nc3ccc(Br)cc3)n2)cc1OC. The van der Waals surface area contributed by atoms with Crippen LogP contribution >= 0.6 is 27.3 Å². The van der Waals surface area contributed by atoms with Gasteiger partial charge in [-0.2, -0.15) is 10.4 Å². The van der Waals surface area contributed by atoms with Crippen molar-refractivity contribution in [3.05, 3.63) is 57.3 Å². The van der Waals surface area contributed by atoms with Gasteiger partial charge >= 0.3 is 0 Å². The number of hydrogen-bond acceptors (Lipinski definition) is 7. The minimum absolute atomic E-state index is 0.217. The molecule has 136 valence electrons. The van der Waals surface area contributed by atoms with E-state index in [4.69, 9.17) is 9.47 Å². The van der Waals surface area contributed by atoms with Gasteiger partial charge in [0.2, 0.25) is 0 Å². The number of hydrazone groups is 1. The number of nitrogens with zero attached hydrogens (tertiary/aromatic N) is 3. The highest BCUT2D eigenvalue weighted by atomic mass is 79.9. The highest BCUT2D eigenvalue weighted by molar-refractivity contribution is 9.10. The van der Waals surface area contributed by atoms with Crippen LogP contribution in [0.2, 0.25) is 0 Å². The molecule has 6 nitrogen and oxygen atoms in total. The van der Waals surface area contributed by atoms with E-state index in [9.17, 15) is 5.26 Å².